The first kappa shape index (κ1) is 18.8. The van der Waals surface area contributed by atoms with Gasteiger partial charge in [-0.15, -0.1) is 11.3 Å². The molecular weight excluding hydrogens is 366 g/mol. The van der Waals surface area contributed by atoms with Gasteiger partial charge < -0.3 is 19.0 Å². The molecule has 0 unspecified atom stereocenters. The number of furan rings is 1. The number of phenolic OH excluding ortho intramolecular Hbond substituents is 1. The SMILES string of the molecule is COc1cc(C=Nn2c(-c3ccco3)csc2=NC(C)C)cc(OC)c1O. The average Bonchev–Trinajstić information content (AvgIpc) is 3.30. The van der Waals surface area contributed by atoms with Crippen LogP contribution in [0.3, 0.4) is 0 Å². The van der Waals surface area contributed by atoms with Gasteiger partial charge in [-0.2, -0.15) is 5.10 Å². The van der Waals surface area contributed by atoms with E-state index in [1.54, 1.807) is 29.3 Å². The van der Waals surface area contributed by atoms with E-state index in [9.17, 15) is 5.11 Å². The van der Waals surface area contributed by atoms with E-state index < -0.39 is 0 Å². The average molecular weight is 387 g/mol. The highest BCUT2D eigenvalue weighted by molar-refractivity contribution is 7.07. The monoisotopic (exact) mass is 387 g/mol. The molecule has 7 nitrogen and oxygen atoms in total. The summed E-state index contributed by atoms with van der Waals surface area (Å²) < 4.78 is 17.6. The number of thiazole rings is 1. The molecule has 0 aliphatic carbocycles. The molecule has 0 aliphatic heterocycles. The molecule has 3 aromatic rings. The summed E-state index contributed by atoms with van der Waals surface area (Å²) in [5.74, 6) is 1.27. The van der Waals surface area contributed by atoms with Crippen LogP contribution in [0.25, 0.3) is 11.5 Å². The second-order valence-corrected chi connectivity index (χ2v) is 6.77. The third-order valence-corrected chi connectivity index (χ3v) is 4.48. The molecule has 27 heavy (non-hydrogen) atoms. The van der Waals surface area contributed by atoms with Crippen LogP contribution in [-0.4, -0.2) is 36.3 Å². The number of rotatable bonds is 6. The van der Waals surface area contributed by atoms with Crippen molar-refractivity contribution >= 4 is 17.6 Å². The van der Waals surface area contributed by atoms with Crippen LogP contribution in [0.5, 0.6) is 17.2 Å². The van der Waals surface area contributed by atoms with Crippen molar-refractivity contribution in [2.75, 3.05) is 14.2 Å². The maximum atomic E-state index is 10.1. The molecule has 3 rings (SSSR count). The third-order valence-electron chi connectivity index (χ3n) is 3.65. The van der Waals surface area contributed by atoms with E-state index in [4.69, 9.17) is 13.9 Å². The van der Waals surface area contributed by atoms with Crippen molar-refractivity contribution in [2.24, 2.45) is 10.1 Å². The minimum Gasteiger partial charge on any atom is -0.502 e. The molecular formula is C19H21N3O4S. The van der Waals surface area contributed by atoms with Gasteiger partial charge in [0.2, 0.25) is 10.6 Å². The lowest BCUT2D eigenvalue weighted by Gasteiger charge is -2.09. The van der Waals surface area contributed by atoms with Gasteiger partial charge in [-0.3, -0.25) is 4.99 Å². The summed E-state index contributed by atoms with van der Waals surface area (Å²) in [5, 5.41) is 16.6. The van der Waals surface area contributed by atoms with Crippen LogP contribution in [0.4, 0.5) is 0 Å². The Morgan fingerprint density at radius 2 is 1.93 bits per heavy atom. The number of aromatic hydroxyl groups is 1. The minimum atomic E-state index is -0.0490. The molecule has 1 aromatic carbocycles. The van der Waals surface area contributed by atoms with Gasteiger partial charge in [0.25, 0.3) is 0 Å². The highest BCUT2D eigenvalue weighted by atomic mass is 32.1. The van der Waals surface area contributed by atoms with Crippen molar-refractivity contribution in [3.05, 3.63) is 46.3 Å². The fourth-order valence-electron chi connectivity index (χ4n) is 2.43. The van der Waals surface area contributed by atoms with Crippen molar-refractivity contribution in [1.29, 1.82) is 0 Å². The molecule has 0 radical (unpaired) electrons. The highest BCUT2D eigenvalue weighted by Gasteiger charge is 2.12. The maximum absolute atomic E-state index is 10.1. The Labute approximate surface area is 160 Å². The van der Waals surface area contributed by atoms with Crippen LogP contribution in [0.1, 0.15) is 19.4 Å². The first-order valence-electron chi connectivity index (χ1n) is 8.31. The Morgan fingerprint density at radius 1 is 1.22 bits per heavy atom. The van der Waals surface area contributed by atoms with Crippen molar-refractivity contribution in [3.8, 4) is 28.7 Å². The van der Waals surface area contributed by atoms with E-state index in [0.717, 1.165) is 10.5 Å². The molecule has 0 fully saturated rings. The van der Waals surface area contributed by atoms with E-state index in [2.05, 4.69) is 10.1 Å². The number of methoxy groups -OCH3 is 2. The Kier molecular flexibility index (Phi) is 5.66. The van der Waals surface area contributed by atoms with Crippen LogP contribution >= 0.6 is 11.3 Å². The number of phenols is 1. The van der Waals surface area contributed by atoms with E-state index in [0.29, 0.717) is 22.8 Å². The fourth-order valence-corrected chi connectivity index (χ4v) is 3.38. The smallest absolute Gasteiger partial charge is 0.206 e. The van der Waals surface area contributed by atoms with Crippen molar-refractivity contribution < 1.29 is 19.0 Å². The summed E-state index contributed by atoms with van der Waals surface area (Å²) in [4.78, 5) is 5.38. The molecule has 1 N–H and O–H groups in total. The number of aromatic nitrogens is 1. The number of benzene rings is 1. The summed E-state index contributed by atoms with van der Waals surface area (Å²) >= 11 is 1.49. The van der Waals surface area contributed by atoms with E-state index in [1.807, 2.05) is 31.4 Å². The Hall–Kier alpha value is -3.00. The predicted octanol–water partition coefficient (Wildman–Crippen LogP) is 3.72. The molecule has 0 amide bonds. The lowest BCUT2D eigenvalue weighted by molar-refractivity contribution is 0.340. The standard InChI is InChI=1S/C19H21N3O4S/c1-12(2)21-19-22(14(11-27-19)15-6-5-7-26-15)20-10-13-8-16(24-3)18(23)17(9-13)25-4/h5-12,23H,1-4H3. The molecule has 0 saturated carbocycles. The molecule has 0 atom stereocenters. The lowest BCUT2D eigenvalue weighted by Crippen LogP contribution is -2.14. The summed E-state index contributed by atoms with van der Waals surface area (Å²) in [6, 6.07) is 7.19. The summed E-state index contributed by atoms with van der Waals surface area (Å²) in [5.41, 5.74) is 1.51. The minimum absolute atomic E-state index is 0.0490. The van der Waals surface area contributed by atoms with Gasteiger partial charge in [0.05, 0.1) is 26.7 Å². The van der Waals surface area contributed by atoms with E-state index in [-0.39, 0.29) is 11.8 Å². The van der Waals surface area contributed by atoms with Crippen molar-refractivity contribution in [2.45, 2.75) is 19.9 Å². The molecule has 2 heterocycles. The molecule has 142 valence electrons. The van der Waals surface area contributed by atoms with Crippen LogP contribution in [-0.2, 0) is 0 Å². The van der Waals surface area contributed by atoms with Gasteiger partial charge in [0, 0.05) is 17.0 Å². The zero-order valence-electron chi connectivity index (χ0n) is 15.5. The van der Waals surface area contributed by atoms with Gasteiger partial charge >= 0.3 is 0 Å². The van der Waals surface area contributed by atoms with E-state index in [1.165, 1.54) is 25.6 Å². The van der Waals surface area contributed by atoms with Gasteiger partial charge in [-0.1, -0.05) is 0 Å². The maximum Gasteiger partial charge on any atom is 0.206 e. The molecule has 0 bridgehead atoms. The van der Waals surface area contributed by atoms with Gasteiger partial charge in [-0.05, 0) is 38.1 Å². The van der Waals surface area contributed by atoms with Crippen LogP contribution in [0.2, 0.25) is 0 Å². The molecule has 0 spiro atoms. The number of ether oxygens (including phenoxy) is 2. The van der Waals surface area contributed by atoms with Gasteiger partial charge in [-0.25, -0.2) is 4.68 Å². The largest absolute Gasteiger partial charge is 0.502 e. The second kappa shape index (κ2) is 8.13. The lowest BCUT2D eigenvalue weighted by atomic mass is 10.2. The van der Waals surface area contributed by atoms with Gasteiger partial charge in [0.1, 0.15) is 5.69 Å². The Bertz CT molecular complexity index is 975. The summed E-state index contributed by atoms with van der Waals surface area (Å²) in [6.45, 7) is 4.02. The van der Waals surface area contributed by atoms with Crippen molar-refractivity contribution in [1.82, 2.24) is 4.68 Å². The summed E-state index contributed by atoms with van der Waals surface area (Å²) in [7, 11) is 2.97. The highest BCUT2D eigenvalue weighted by Crippen LogP contribution is 2.36. The number of hydrogen-bond acceptors (Lipinski definition) is 7. The Balaban J connectivity index is 2.08. The molecule has 0 saturated heterocycles. The van der Waals surface area contributed by atoms with E-state index >= 15 is 0 Å². The molecule has 0 aliphatic rings. The summed E-state index contributed by atoms with van der Waals surface area (Å²) in [6.07, 6.45) is 3.28. The quantitative estimate of drug-likeness (QED) is 0.654. The zero-order chi connectivity index (χ0) is 19.4. The Morgan fingerprint density at radius 3 is 2.48 bits per heavy atom. The normalized spacial score (nSPS) is 12.3. The topological polar surface area (TPSA) is 81.5 Å². The number of nitrogens with zero attached hydrogens (tertiary/aromatic N) is 3. The second-order valence-electron chi connectivity index (χ2n) is 5.93. The zero-order valence-corrected chi connectivity index (χ0v) is 16.4. The number of hydrogen-bond donors (Lipinski definition) is 1. The van der Waals surface area contributed by atoms with Crippen LogP contribution in [0.15, 0.2) is 50.4 Å². The molecule has 2 aromatic heterocycles. The van der Waals surface area contributed by atoms with Crippen LogP contribution in [0, 0.1) is 0 Å². The predicted molar refractivity (Wildman–Crippen MR) is 105 cm³/mol. The van der Waals surface area contributed by atoms with Gasteiger partial charge in [0.15, 0.2) is 17.3 Å². The fraction of sp³-hybridized carbons (Fsp3) is 0.263. The molecule has 8 heteroatoms. The first-order chi connectivity index (χ1) is 13.0. The third kappa shape index (κ3) is 4.06. The van der Waals surface area contributed by atoms with Crippen molar-refractivity contribution in [3.63, 3.8) is 0 Å². The first-order valence-corrected chi connectivity index (χ1v) is 9.19. The van der Waals surface area contributed by atoms with Crippen LogP contribution < -0.4 is 14.3 Å².